The number of amides is 1. The van der Waals surface area contributed by atoms with E-state index in [0.29, 0.717) is 17.1 Å². The maximum Gasteiger partial charge on any atom is 0.234 e. The van der Waals surface area contributed by atoms with Gasteiger partial charge < -0.3 is 21.3 Å². The highest BCUT2D eigenvalue weighted by Gasteiger charge is 2.07. The average molecular weight is 270 g/mol. The summed E-state index contributed by atoms with van der Waals surface area (Å²) in [6.45, 7) is 1.60. The SMILES string of the molecule is Cc1ccc(N)cc1NC(=O)CSCC(O)CO. The molecule has 1 rings (SSSR count). The number of aryl methyl sites for hydroxylation is 1. The van der Waals surface area contributed by atoms with Gasteiger partial charge in [-0.25, -0.2) is 0 Å². The van der Waals surface area contributed by atoms with Gasteiger partial charge in [0.05, 0.1) is 18.5 Å². The maximum absolute atomic E-state index is 11.6. The molecule has 0 aliphatic heterocycles. The molecule has 0 aliphatic rings. The zero-order valence-electron chi connectivity index (χ0n) is 10.2. The molecule has 0 aromatic heterocycles. The fourth-order valence-corrected chi connectivity index (χ4v) is 2.05. The molecule has 0 spiro atoms. The molecule has 1 amide bonds. The van der Waals surface area contributed by atoms with E-state index in [4.69, 9.17) is 15.9 Å². The molecule has 5 nitrogen and oxygen atoms in total. The number of aliphatic hydroxyl groups excluding tert-OH is 2. The van der Waals surface area contributed by atoms with Crippen LogP contribution in [0.1, 0.15) is 5.56 Å². The van der Waals surface area contributed by atoms with Crippen molar-refractivity contribution in [3.05, 3.63) is 23.8 Å². The number of nitrogen functional groups attached to an aromatic ring is 1. The Morgan fingerprint density at radius 1 is 1.56 bits per heavy atom. The molecule has 1 atom stereocenters. The summed E-state index contributed by atoms with van der Waals surface area (Å²) in [6.07, 6.45) is -0.781. The molecular weight excluding hydrogens is 252 g/mol. The molecule has 0 radical (unpaired) electrons. The molecule has 0 fully saturated rings. The smallest absolute Gasteiger partial charge is 0.234 e. The van der Waals surface area contributed by atoms with Crippen LogP contribution in [-0.4, -0.2) is 40.3 Å². The first-order valence-corrected chi connectivity index (χ1v) is 6.71. The third-order valence-electron chi connectivity index (χ3n) is 2.29. The standard InChI is InChI=1S/C12H18N2O3S/c1-8-2-3-9(13)4-11(8)14-12(17)7-18-6-10(16)5-15/h2-4,10,15-16H,5-7,13H2,1H3,(H,14,17). The monoisotopic (exact) mass is 270 g/mol. The van der Waals surface area contributed by atoms with Crippen LogP contribution < -0.4 is 11.1 Å². The third-order valence-corrected chi connectivity index (χ3v) is 3.38. The number of carbonyl (C=O) groups excluding carboxylic acids is 1. The van der Waals surface area contributed by atoms with E-state index in [-0.39, 0.29) is 18.3 Å². The van der Waals surface area contributed by atoms with Crippen LogP contribution in [0.4, 0.5) is 11.4 Å². The summed E-state index contributed by atoms with van der Waals surface area (Å²) < 4.78 is 0. The number of hydrogen-bond donors (Lipinski definition) is 4. The lowest BCUT2D eigenvalue weighted by Gasteiger charge is -2.10. The summed E-state index contributed by atoms with van der Waals surface area (Å²) in [7, 11) is 0. The second-order valence-corrected chi connectivity index (χ2v) is 5.00. The van der Waals surface area contributed by atoms with Gasteiger partial charge in [0.2, 0.25) is 5.91 Å². The topological polar surface area (TPSA) is 95.6 Å². The second-order valence-electron chi connectivity index (χ2n) is 3.97. The van der Waals surface area contributed by atoms with E-state index in [2.05, 4.69) is 5.32 Å². The molecule has 0 aliphatic carbocycles. The lowest BCUT2D eigenvalue weighted by atomic mass is 10.2. The van der Waals surface area contributed by atoms with E-state index >= 15 is 0 Å². The average Bonchev–Trinajstić information content (AvgIpc) is 2.33. The van der Waals surface area contributed by atoms with E-state index in [9.17, 15) is 4.79 Å². The summed E-state index contributed by atoms with van der Waals surface area (Å²) >= 11 is 1.27. The number of nitrogens with one attached hydrogen (secondary N) is 1. The number of hydrogen-bond acceptors (Lipinski definition) is 5. The minimum atomic E-state index is -0.781. The van der Waals surface area contributed by atoms with Crippen LogP contribution in [0.2, 0.25) is 0 Å². The van der Waals surface area contributed by atoms with Crippen molar-refractivity contribution in [3.8, 4) is 0 Å². The molecule has 0 saturated carbocycles. The van der Waals surface area contributed by atoms with Crippen molar-refractivity contribution in [1.29, 1.82) is 0 Å². The molecular formula is C12H18N2O3S. The van der Waals surface area contributed by atoms with Crippen LogP contribution in [0.15, 0.2) is 18.2 Å². The van der Waals surface area contributed by atoms with Crippen molar-refractivity contribution in [2.45, 2.75) is 13.0 Å². The maximum atomic E-state index is 11.6. The van der Waals surface area contributed by atoms with Gasteiger partial charge in [-0.05, 0) is 24.6 Å². The van der Waals surface area contributed by atoms with Gasteiger partial charge in [-0.1, -0.05) is 6.07 Å². The predicted octanol–water partition coefficient (Wildman–Crippen LogP) is 0.602. The predicted molar refractivity (Wildman–Crippen MR) is 74.6 cm³/mol. The Hall–Kier alpha value is -1.24. The first kappa shape index (κ1) is 14.8. The summed E-state index contributed by atoms with van der Waals surface area (Å²) in [5.74, 6) is 0.407. The van der Waals surface area contributed by atoms with E-state index in [1.165, 1.54) is 11.8 Å². The zero-order chi connectivity index (χ0) is 13.5. The minimum absolute atomic E-state index is 0.154. The van der Waals surface area contributed by atoms with E-state index in [1.807, 2.05) is 13.0 Å². The van der Waals surface area contributed by atoms with Gasteiger partial charge in [0, 0.05) is 17.1 Å². The largest absolute Gasteiger partial charge is 0.399 e. The van der Waals surface area contributed by atoms with Crippen LogP contribution in [0.5, 0.6) is 0 Å². The number of benzene rings is 1. The summed E-state index contributed by atoms with van der Waals surface area (Å²) in [5, 5.41) is 20.5. The molecule has 0 saturated heterocycles. The highest BCUT2D eigenvalue weighted by molar-refractivity contribution is 8.00. The van der Waals surface area contributed by atoms with Gasteiger partial charge in [0.25, 0.3) is 0 Å². The third kappa shape index (κ3) is 4.95. The van der Waals surface area contributed by atoms with Crippen molar-refractivity contribution in [2.24, 2.45) is 0 Å². The normalized spacial score (nSPS) is 12.2. The number of anilines is 2. The first-order valence-electron chi connectivity index (χ1n) is 5.55. The van der Waals surface area contributed by atoms with Crippen LogP contribution in [0.25, 0.3) is 0 Å². The van der Waals surface area contributed by atoms with Gasteiger partial charge in [0.15, 0.2) is 0 Å². The van der Waals surface area contributed by atoms with E-state index < -0.39 is 6.10 Å². The number of carbonyl (C=O) groups is 1. The molecule has 0 heterocycles. The lowest BCUT2D eigenvalue weighted by Crippen LogP contribution is -2.19. The molecule has 1 aromatic rings. The fraction of sp³-hybridized carbons (Fsp3) is 0.417. The number of nitrogens with two attached hydrogens (primary N) is 1. The molecule has 1 unspecified atom stereocenters. The Bertz CT molecular complexity index is 412. The quantitative estimate of drug-likeness (QED) is 0.568. The summed E-state index contributed by atoms with van der Waals surface area (Å²) in [6, 6.07) is 5.32. The summed E-state index contributed by atoms with van der Waals surface area (Å²) in [4.78, 5) is 11.6. The Kier molecular flexibility index (Phi) is 5.97. The van der Waals surface area contributed by atoms with Gasteiger partial charge in [-0.15, -0.1) is 11.8 Å². The number of rotatable bonds is 6. The van der Waals surface area contributed by atoms with Gasteiger partial charge in [-0.2, -0.15) is 0 Å². The van der Waals surface area contributed by atoms with Crippen molar-refractivity contribution >= 4 is 29.0 Å². The number of aliphatic hydroxyl groups is 2. The van der Waals surface area contributed by atoms with Gasteiger partial charge in [-0.3, -0.25) is 4.79 Å². The van der Waals surface area contributed by atoms with Crippen molar-refractivity contribution in [3.63, 3.8) is 0 Å². The Labute approximate surface area is 110 Å². The Morgan fingerprint density at radius 2 is 2.28 bits per heavy atom. The van der Waals surface area contributed by atoms with Crippen molar-refractivity contribution in [1.82, 2.24) is 0 Å². The zero-order valence-corrected chi connectivity index (χ0v) is 11.0. The number of thioether (sulfide) groups is 1. The van der Waals surface area contributed by atoms with Crippen molar-refractivity contribution < 1.29 is 15.0 Å². The molecule has 1 aromatic carbocycles. The molecule has 6 heteroatoms. The van der Waals surface area contributed by atoms with E-state index in [0.717, 1.165) is 5.56 Å². The summed E-state index contributed by atoms with van der Waals surface area (Å²) in [5.41, 5.74) is 7.88. The van der Waals surface area contributed by atoms with Crippen LogP contribution in [-0.2, 0) is 4.79 Å². The lowest BCUT2D eigenvalue weighted by molar-refractivity contribution is -0.113. The van der Waals surface area contributed by atoms with Crippen LogP contribution >= 0.6 is 11.8 Å². The Morgan fingerprint density at radius 3 is 2.94 bits per heavy atom. The first-order chi connectivity index (χ1) is 8.52. The highest BCUT2D eigenvalue weighted by atomic mass is 32.2. The molecule has 5 N–H and O–H groups in total. The van der Waals surface area contributed by atoms with E-state index in [1.54, 1.807) is 12.1 Å². The second kappa shape index (κ2) is 7.25. The fourth-order valence-electron chi connectivity index (χ4n) is 1.30. The molecule has 100 valence electrons. The van der Waals surface area contributed by atoms with Crippen LogP contribution in [0.3, 0.4) is 0 Å². The highest BCUT2D eigenvalue weighted by Crippen LogP contribution is 2.18. The van der Waals surface area contributed by atoms with Crippen molar-refractivity contribution in [2.75, 3.05) is 29.2 Å². The van der Waals surface area contributed by atoms with Gasteiger partial charge in [0.1, 0.15) is 0 Å². The molecule has 0 bridgehead atoms. The van der Waals surface area contributed by atoms with Crippen LogP contribution in [0, 0.1) is 6.92 Å². The molecule has 18 heavy (non-hydrogen) atoms. The Balaban J connectivity index is 2.42. The van der Waals surface area contributed by atoms with Gasteiger partial charge >= 0.3 is 0 Å². The minimum Gasteiger partial charge on any atom is -0.399 e.